The number of nitrogens with zero attached hydrogens (tertiary/aromatic N) is 2. The van der Waals surface area contributed by atoms with Gasteiger partial charge >= 0.3 is 0 Å². The van der Waals surface area contributed by atoms with Crippen molar-refractivity contribution in [2.45, 2.75) is 46.1 Å². The van der Waals surface area contributed by atoms with Crippen molar-refractivity contribution in [3.63, 3.8) is 0 Å². The standard InChI is InChI=1S/C20H32ClN3O3S/c1-15-8-12-23(13-9-15)11-5-10-22-20(25)17(3)24(28(4,26)27)19-14-18(21)7-6-16(19)2/h6-7,14-15,17H,5,8-13H2,1-4H3,(H,22,25)/t17-/m1/s1. The minimum atomic E-state index is -3.65. The SMILES string of the molecule is Cc1ccc(Cl)cc1N([C@H](C)C(=O)NCCCN1CCC(C)CC1)S(C)(=O)=O. The van der Waals surface area contributed by atoms with E-state index in [0.717, 1.165) is 48.1 Å². The zero-order chi connectivity index (χ0) is 20.9. The van der Waals surface area contributed by atoms with E-state index in [2.05, 4.69) is 17.1 Å². The topological polar surface area (TPSA) is 69.7 Å². The number of nitrogens with one attached hydrogen (secondary N) is 1. The van der Waals surface area contributed by atoms with Gasteiger partial charge in [0.05, 0.1) is 11.9 Å². The molecule has 0 saturated carbocycles. The summed E-state index contributed by atoms with van der Waals surface area (Å²) in [5, 5.41) is 3.31. The first-order chi connectivity index (χ1) is 13.1. The predicted molar refractivity (Wildman–Crippen MR) is 115 cm³/mol. The number of aryl methyl sites for hydroxylation is 1. The van der Waals surface area contributed by atoms with E-state index >= 15 is 0 Å². The van der Waals surface area contributed by atoms with E-state index in [1.54, 1.807) is 32.0 Å². The highest BCUT2D eigenvalue weighted by atomic mass is 35.5. The van der Waals surface area contributed by atoms with Gasteiger partial charge in [-0.25, -0.2) is 8.42 Å². The van der Waals surface area contributed by atoms with Gasteiger partial charge in [0.15, 0.2) is 0 Å². The Morgan fingerprint density at radius 2 is 2.00 bits per heavy atom. The quantitative estimate of drug-likeness (QED) is 0.645. The molecule has 0 radical (unpaired) electrons. The van der Waals surface area contributed by atoms with Gasteiger partial charge in [-0.15, -0.1) is 0 Å². The summed E-state index contributed by atoms with van der Waals surface area (Å²) in [4.78, 5) is 15.1. The van der Waals surface area contributed by atoms with E-state index in [1.165, 1.54) is 12.8 Å². The first kappa shape index (κ1) is 23.0. The number of carbonyl (C=O) groups is 1. The summed E-state index contributed by atoms with van der Waals surface area (Å²) in [6, 6.07) is 4.18. The van der Waals surface area contributed by atoms with Crippen LogP contribution in [0.25, 0.3) is 0 Å². The number of rotatable bonds is 8. The molecule has 1 heterocycles. The number of hydrogen-bond donors (Lipinski definition) is 1. The molecule has 1 aromatic rings. The van der Waals surface area contributed by atoms with Crippen LogP contribution < -0.4 is 9.62 Å². The fourth-order valence-corrected chi connectivity index (χ4v) is 4.94. The van der Waals surface area contributed by atoms with Gasteiger partial charge in [-0.05, 0) is 76.4 Å². The Hall–Kier alpha value is -1.31. The third-order valence-electron chi connectivity index (χ3n) is 5.32. The van der Waals surface area contributed by atoms with E-state index < -0.39 is 16.1 Å². The molecule has 1 aromatic carbocycles. The Kier molecular flexibility index (Phi) is 8.16. The summed E-state index contributed by atoms with van der Waals surface area (Å²) in [5.41, 5.74) is 1.17. The number of sulfonamides is 1. The molecule has 8 heteroatoms. The summed E-state index contributed by atoms with van der Waals surface area (Å²) in [6.07, 6.45) is 4.41. The number of piperidine rings is 1. The monoisotopic (exact) mass is 429 g/mol. The van der Waals surface area contributed by atoms with Gasteiger partial charge in [-0.1, -0.05) is 24.6 Å². The van der Waals surface area contributed by atoms with Gasteiger partial charge in [0, 0.05) is 11.6 Å². The molecule has 1 amide bonds. The molecule has 1 N–H and O–H groups in total. The highest BCUT2D eigenvalue weighted by Crippen LogP contribution is 2.28. The third kappa shape index (κ3) is 6.36. The average molecular weight is 430 g/mol. The first-order valence-corrected chi connectivity index (χ1v) is 12.1. The Balaban J connectivity index is 1.95. The van der Waals surface area contributed by atoms with Gasteiger partial charge in [0.2, 0.25) is 15.9 Å². The highest BCUT2D eigenvalue weighted by molar-refractivity contribution is 7.92. The number of benzene rings is 1. The molecule has 1 aliphatic rings. The number of hydrogen-bond acceptors (Lipinski definition) is 4. The fourth-order valence-electron chi connectivity index (χ4n) is 3.55. The number of amides is 1. The number of halogens is 1. The van der Waals surface area contributed by atoms with Crippen LogP contribution in [0, 0.1) is 12.8 Å². The molecule has 28 heavy (non-hydrogen) atoms. The third-order valence-corrected chi connectivity index (χ3v) is 6.79. The van der Waals surface area contributed by atoms with Crippen molar-refractivity contribution in [1.82, 2.24) is 10.2 Å². The lowest BCUT2D eigenvalue weighted by Gasteiger charge is -2.31. The number of likely N-dealkylation sites (tertiary alicyclic amines) is 1. The van der Waals surface area contributed by atoms with Crippen molar-refractivity contribution in [3.05, 3.63) is 28.8 Å². The lowest BCUT2D eigenvalue weighted by Crippen LogP contribution is -2.48. The van der Waals surface area contributed by atoms with Crippen molar-refractivity contribution in [2.24, 2.45) is 5.92 Å². The second-order valence-electron chi connectivity index (χ2n) is 7.83. The van der Waals surface area contributed by atoms with Crippen LogP contribution in [0.1, 0.15) is 38.7 Å². The Morgan fingerprint density at radius 3 is 2.61 bits per heavy atom. The van der Waals surface area contributed by atoms with E-state index in [0.29, 0.717) is 17.3 Å². The molecule has 2 rings (SSSR count). The lowest BCUT2D eigenvalue weighted by atomic mass is 9.99. The van der Waals surface area contributed by atoms with Crippen molar-refractivity contribution in [3.8, 4) is 0 Å². The van der Waals surface area contributed by atoms with E-state index in [-0.39, 0.29) is 5.91 Å². The molecule has 0 unspecified atom stereocenters. The van der Waals surface area contributed by atoms with Crippen LogP contribution in [-0.2, 0) is 14.8 Å². The molecule has 158 valence electrons. The molecule has 0 spiro atoms. The zero-order valence-corrected chi connectivity index (χ0v) is 18.8. The van der Waals surface area contributed by atoms with E-state index in [9.17, 15) is 13.2 Å². The van der Waals surface area contributed by atoms with E-state index in [1.807, 2.05) is 0 Å². The second kappa shape index (κ2) is 9.94. The Labute approximate surface area is 174 Å². The summed E-state index contributed by atoms with van der Waals surface area (Å²) >= 11 is 6.05. The summed E-state index contributed by atoms with van der Waals surface area (Å²) in [6.45, 7) is 9.39. The number of carbonyl (C=O) groups excluding carboxylic acids is 1. The van der Waals surface area contributed by atoms with Crippen LogP contribution in [0.2, 0.25) is 5.02 Å². The first-order valence-electron chi connectivity index (χ1n) is 9.85. The maximum absolute atomic E-state index is 12.6. The molecule has 0 aromatic heterocycles. The molecular formula is C20H32ClN3O3S. The van der Waals surface area contributed by atoms with Crippen molar-refractivity contribution >= 4 is 33.2 Å². The molecule has 0 bridgehead atoms. The Bertz CT molecular complexity index is 777. The minimum Gasteiger partial charge on any atom is -0.354 e. The second-order valence-corrected chi connectivity index (χ2v) is 10.1. The normalized spacial score (nSPS) is 17.3. The maximum atomic E-state index is 12.6. The van der Waals surface area contributed by atoms with Gasteiger partial charge in [0.1, 0.15) is 6.04 Å². The molecular weight excluding hydrogens is 398 g/mol. The molecule has 1 saturated heterocycles. The van der Waals surface area contributed by atoms with Crippen LogP contribution in [0.3, 0.4) is 0 Å². The maximum Gasteiger partial charge on any atom is 0.243 e. The van der Waals surface area contributed by atoms with Crippen LogP contribution in [-0.4, -0.2) is 57.7 Å². The molecule has 1 fully saturated rings. The smallest absolute Gasteiger partial charge is 0.243 e. The predicted octanol–water partition coefficient (Wildman–Crippen LogP) is 3.04. The zero-order valence-electron chi connectivity index (χ0n) is 17.2. The van der Waals surface area contributed by atoms with Crippen molar-refractivity contribution < 1.29 is 13.2 Å². The molecule has 1 aliphatic heterocycles. The van der Waals surface area contributed by atoms with Crippen molar-refractivity contribution in [2.75, 3.05) is 36.7 Å². The van der Waals surface area contributed by atoms with Crippen molar-refractivity contribution in [1.29, 1.82) is 0 Å². The van der Waals surface area contributed by atoms with Crippen LogP contribution in [0.4, 0.5) is 5.69 Å². The number of anilines is 1. The van der Waals surface area contributed by atoms with Gasteiger partial charge in [0.25, 0.3) is 0 Å². The average Bonchev–Trinajstić information content (AvgIpc) is 2.62. The van der Waals surface area contributed by atoms with Crippen LogP contribution >= 0.6 is 11.6 Å². The summed E-state index contributed by atoms with van der Waals surface area (Å²) in [7, 11) is -3.65. The van der Waals surface area contributed by atoms with E-state index in [4.69, 9.17) is 11.6 Å². The lowest BCUT2D eigenvalue weighted by molar-refractivity contribution is -0.121. The molecule has 1 atom stereocenters. The summed E-state index contributed by atoms with van der Waals surface area (Å²) in [5.74, 6) is 0.491. The van der Waals surface area contributed by atoms with Gasteiger partial charge in [-0.3, -0.25) is 9.10 Å². The largest absolute Gasteiger partial charge is 0.354 e. The summed E-state index contributed by atoms with van der Waals surface area (Å²) < 4.78 is 25.9. The van der Waals surface area contributed by atoms with Crippen LogP contribution in [0.5, 0.6) is 0 Å². The van der Waals surface area contributed by atoms with Gasteiger partial charge < -0.3 is 10.2 Å². The fraction of sp³-hybridized carbons (Fsp3) is 0.650. The van der Waals surface area contributed by atoms with Crippen LogP contribution in [0.15, 0.2) is 18.2 Å². The van der Waals surface area contributed by atoms with Gasteiger partial charge in [-0.2, -0.15) is 0 Å². The Morgan fingerprint density at radius 1 is 1.36 bits per heavy atom. The highest BCUT2D eigenvalue weighted by Gasteiger charge is 2.30. The molecule has 6 nitrogen and oxygen atoms in total. The molecule has 0 aliphatic carbocycles. The minimum absolute atomic E-state index is 0.308.